The predicted octanol–water partition coefficient (Wildman–Crippen LogP) is 2.79. The molecule has 5 nitrogen and oxygen atoms in total. The summed E-state index contributed by atoms with van der Waals surface area (Å²) in [5.41, 5.74) is 2.22. The second-order valence-corrected chi connectivity index (χ2v) is 7.23. The number of carbonyl (C=O) groups excluding carboxylic acids is 1. The van der Waals surface area contributed by atoms with Gasteiger partial charge in [-0.1, -0.05) is 24.6 Å². The smallest absolute Gasteiger partial charge is 0.326 e. The Morgan fingerprint density at radius 2 is 1.92 bits per heavy atom. The maximum atomic E-state index is 12.7. The number of hydrogen-bond donors (Lipinski definition) is 1. The first-order chi connectivity index (χ1) is 12.1. The van der Waals surface area contributed by atoms with Crippen LogP contribution in [0.4, 0.5) is 4.79 Å². The normalized spacial score (nSPS) is 15.8. The van der Waals surface area contributed by atoms with Gasteiger partial charge < -0.3 is 15.1 Å². The molecule has 1 fully saturated rings. The molecule has 5 heteroatoms. The van der Waals surface area contributed by atoms with Crippen LogP contribution in [0.2, 0.25) is 0 Å². The largest absolute Gasteiger partial charge is 0.336 e. The first kappa shape index (κ1) is 18.0. The third-order valence-corrected chi connectivity index (χ3v) is 4.99. The Balaban J connectivity index is 1.65. The number of para-hydroxylation sites is 1. The zero-order valence-electron chi connectivity index (χ0n) is 15.5. The molecule has 1 amide bonds. The topological polar surface area (TPSA) is 40.5 Å². The number of aromatic nitrogens is 1. The van der Waals surface area contributed by atoms with Crippen LogP contribution in [0.25, 0.3) is 10.9 Å². The molecule has 0 radical (unpaired) electrons. The zero-order valence-corrected chi connectivity index (χ0v) is 15.5. The van der Waals surface area contributed by atoms with Crippen molar-refractivity contribution in [2.24, 2.45) is 0 Å². The van der Waals surface area contributed by atoms with Gasteiger partial charge >= 0.3 is 6.03 Å². The van der Waals surface area contributed by atoms with Gasteiger partial charge in [-0.05, 0) is 58.1 Å². The average Bonchev–Trinajstić information content (AvgIpc) is 3.00. The van der Waals surface area contributed by atoms with Crippen LogP contribution in [-0.4, -0.2) is 67.2 Å². The first-order valence-corrected chi connectivity index (χ1v) is 9.39. The van der Waals surface area contributed by atoms with E-state index >= 15 is 0 Å². The van der Waals surface area contributed by atoms with Crippen LogP contribution in [0.5, 0.6) is 0 Å². The number of nitrogens with one attached hydrogen (secondary N) is 1. The highest BCUT2D eigenvalue weighted by molar-refractivity contribution is 5.93. The van der Waals surface area contributed by atoms with Gasteiger partial charge in [0.05, 0.1) is 5.52 Å². The fourth-order valence-electron chi connectivity index (χ4n) is 3.55. The number of benzene rings is 1. The van der Waals surface area contributed by atoms with Gasteiger partial charge in [0.15, 0.2) is 0 Å². The van der Waals surface area contributed by atoms with E-state index in [-0.39, 0.29) is 6.03 Å². The van der Waals surface area contributed by atoms with Gasteiger partial charge in [-0.25, -0.2) is 4.79 Å². The number of carbonyl (C=O) groups is 1. The van der Waals surface area contributed by atoms with Crippen molar-refractivity contribution in [2.75, 3.05) is 46.8 Å². The number of likely N-dealkylation sites (tertiary alicyclic amines) is 1. The molecule has 1 aromatic carbocycles. The second-order valence-electron chi connectivity index (χ2n) is 7.23. The Morgan fingerprint density at radius 3 is 2.68 bits per heavy atom. The van der Waals surface area contributed by atoms with Crippen molar-refractivity contribution in [3.8, 4) is 0 Å². The number of rotatable bonds is 6. The molecule has 2 heterocycles. The summed E-state index contributed by atoms with van der Waals surface area (Å²) in [6.07, 6.45) is 6.86. The second kappa shape index (κ2) is 8.50. The Kier molecular flexibility index (Phi) is 6.10. The molecule has 3 rings (SSSR count). The molecular formula is C20H30N4O. The molecule has 1 aromatic heterocycles. The summed E-state index contributed by atoms with van der Waals surface area (Å²) in [5.74, 6) is 0. The maximum Gasteiger partial charge on any atom is 0.326 e. The highest BCUT2D eigenvalue weighted by Gasteiger charge is 2.14. The SMILES string of the molecule is CN(C)CCc1cn(C(=O)NCCN2CCCCC2)c2ccccc12. The van der Waals surface area contributed by atoms with Crippen molar-refractivity contribution >= 4 is 16.9 Å². The lowest BCUT2D eigenvalue weighted by Gasteiger charge is -2.26. The van der Waals surface area contributed by atoms with Gasteiger partial charge in [0.25, 0.3) is 0 Å². The molecule has 0 unspecified atom stereocenters. The molecule has 0 spiro atoms. The van der Waals surface area contributed by atoms with Gasteiger partial charge in [-0.2, -0.15) is 0 Å². The summed E-state index contributed by atoms with van der Waals surface area (Å²) in [6.45, 7) is 4.95. The molecule has 1 aliphatic rings. The third-order valence-electron chi connectivity index (χ3n) is 4.99. The monoisotopic (exact) mass is 342 g/mol. The number of nitrogens with zero attached hydrogens (tertiary/aromatic N) is 3. The van der Waals surface area contributed by atoms with Crippen LogP contribution in [0.3, 0.4) is 0 Å². The minimum Gasteiger partial charge on any atom is -0.336 e. The summed E-state index contributed by atoms with van der Waals surface area (Å²) in [5, 5.41) is 4.26. The summed E-state index contributed by atoms with van der Waals surface area (Å²) >= 11 is 0. The molecule has 0 bridgehead atoms. The van der Waals surface area contributed by atoms with Crippen LogP contribution < -0.4 is 5.32 Å². The number of hydrogen-bond acceptors (Lipinski definition) is 3. The van der Waals surface area contributed by atoms with E-state index in [9.17, 15) is 4.79 Å². The van der Waals surface area contributed by atoms with E-state index in [0.29, 0.717) is 6.54 Å². The fourth-order valence-corrected chi connectivity index (χ4v) is 3.55. The number of fused-ring (bicyclic) bond motifs is 1. The molecule has 136 valence electrons. The first-order valence-electron chi connectivity index (χ1n) is 9.39. The predicted molar refractivity (Wildman–Crippen MR) is 103 cm³/mol. The molecule has 2 aromatic rings. The molecule has 25 heavy (non-hydrogen) atoms. The lowest BCUT2D eigenvalue weighted by Crippen LogP contribution is -2.38. The van der Waals surface area contributed by atoms with E-state index in [1.54, 1.807) is 4.57 Å². The number of likely N-dealkylation sites (N-methyl/N-ethyl adjacent to an activating group) is 1. The van der Waals surface area contributed by atoms with Gasteiger partial charge in [-0.3, -0.25) is 4.57 Å². The van der Waals surface area contributed by atoms with Crippen LogP contribution in [0, 0.1) is 0 Å². The van der Waals surface area contributed by atoms with E-state index in [1.165, 1.54) is 30.2 Å². The van der Waals surface area contributed by atoms with E-state index in [1.807, 2.05) is 24.4 Å². The quantitative estimate of drug-likeness (QED) is 0.878. The molecule has 1 N–H and O–H groups in total. The van der Waals surface area contributed by atoms with Gasteiger partial charge in [-0.15, -0.1) is 0 Å². The van der Waals surface area contributed by atoms with E-state index in [0.717, 1.165) is 38.1 Å². The van der Waals surface area contributed by atoms with Crippen molar-refractivity contribution in [2.45, 2.75) is 25.7 Å². The lowest BCUT2D eigenvalue weighted by atomic mass is 10.1. The highest BCUT2D eigenvalue weighted by atomic mass is 16.2. The van der Waals surface area contributed by atoms with Crippen molar-refractivity contribution < 1.29 is 4.79 Å². The Morgan fingerprint density at radius 1 is 1.16 bits per heavy atom. The third kappa shape index (κ3) is 4.61. The number of amides is 1. The molecule has 0 saturated carbocycles. The minimum atomic E-state index is -0.0238. The van der Waals surface area contributed by atoms with Crippen LogP contribution in [0.1, 0.15) is 24.8 Å². The highest BCUT2D eigenvalue weighted by Crippen LogP contribution is 2.21. The van der Waals surface area contributed by atoms with Crippen molar-refractivity contribution in [3.05, 3.63) is 36.0 Å². The van der Waals surface area contributed by atoms with Crippen LogP contribution in [0.15, 0.2) is 30.5 Å². The summed E-state index contributed by atoms with van der Waals surface area (Å²) < 4.78 is 1.77. The van der Waals surface area contributed by atoms with Crippen molar-refractivity contribution in [1.82, 2.24) is 19.7 Å². The average molecular weight is 342 g/mol. The lowest BCUT2D eigenvalue weighted by molar-refractivity contribution is 0.221. The van der Waals surface area contributed by atoms with Crippen molar-refractivity contribution in [3.63, 3.8) is 0 Å². The molecule has 1 saturated heterocycles. The summed E-state index contributed by atoms with van der Waals surface area (Å²) in [7, 11) is 4.15. The van der Waals surface area contributed by atoms with E-state index in [2.05, 4.69) is 35.3 Å². The Bertz CT molecular complexity index is 701. The van der Waals surface area contributed by atoms with Crippen LogP contribution >= 0.6 is 0 Å². The maximum absolute atomic E-state index is 12.7. The number of piperidine rings is 1. The Labute approximate surface area is 150 Å². The molecule has 0 atom stereocenters. The summed E-state index contributed by atoms with van der Waals surface area (Å²) in [4.78, 5) is 17.3. The zero-order chi connectivity index (χ0) is 17.6. The van der Waals surface area contributed by atoms with Gasteiger partial charge in [0.2, 0.25) is 0 Å². The standard InChI is InChI=1S/C20H30N4O/c1-22(2)14-10-17-16-24(19-9-5-4-8-18(17)19)20(25)21-11-15-23-12-6-3-7-13-23/h4-5,8-9,16H,3,6-7,10-15H2,1-2H3,(H,21,25). The Hall–Kier alpha value is -1.85. The van der Waals surface area contributed by atoms with Gasteiger partial charge in [0, 0.05) is 31.2 Å². The van der Waals surface area contributed by atoms with E-state index < -0.39 is 0 Å². The van der Waals surface area contributed by atoms with Gasteiger partial charge in [0.1, 0.15) is 0 Å². The molecular weight excluding hydrogens is 312 g/mol. The minimum absolute atomic E-state index is 0.0238. The van der Waals surface area contributed by atoms with Crippen molar-refractivity contribution in [1.29, 1.82) is 0 Å². The fraction of sp³-hybridized carbons (Fsp3) is 0.550. The van der Waals surface area contributed by atoms with Crippen LogP contribution in [-0.2, 0) is 6.42 Å². The summed E-state index contributed by atoms with van der Waals surface area (Å²) in [6, 6.07) is 8.15. The molecule has 1 aliphatic heterocycles. The molecule has 0 aliphatic carbocycles. The van der Waals surface area contributed by atoms with E-state index in [4.69, 9.17) is 0 Å².